The van der Waals surface area contributed by atoms with E-state index in [0.29, 0.717) is 5.75 Å². The second-order valence-corrected chi connectivity index (χ2v) is 5.44. The van der Waals surface area contributed by atoms with Crippen LogP contribution in [0.4, 0.5) is 5.69 Å². The molecule has 1 rings (SSSR count). The van der Waals surface area contributed by atoms with E-state index in [1.54, 1.807) is 12.1 Å². The van der Waals surface area contributed by atoms with Crippen molar-refractivity contribution in [2.75, 3.05) is 44.4 Å². The molecular formula is C18H31NO3. The lowest BCUT2D eigenvalue weighted by atomic mass is 10.2. The summed E-state index contributed by atoms with van der Waals surface area (Å²) in [5.74, 6) is 0.307. The molecule has 0 radical (unpaired) electrons. The van der Waals surface area contributed by atoms with Gasteiger partial charge in [-0.2, -0.15) is 0 Å². The maximum absolute atomic E-state index is 9.43. The fourth-order valence-corrected chi connectivity index (χ4v) is 2.24. The number of phenolic OH excluding ortho intramolecular Hbond substituents is 1. The Morgan fingerprint density at radius 1 is 0.818 bits per heavy atom. The number of aromatic hydroxyl groups is 1. The molecule has 0 bridgehead atoms. The van der Waals surface area contributed by atoms with Crippen LogP contribution in [0.1, 0.15) is 39.5 Å². The summed E-state index contributed by atoms with van der Waals surface area (Å²) < 4.78 is 11.1. The van der Waals surface area contributed by atoms with Gasteiger partial charge in [0.15, 0.2) is 0 Å². The summed E-state index contributed by atoms with van der Waals surface area (Å²) in [5.41, 5.74) is 1.14. The molecule has 0 aliphatic carbocycles. The fraction of sp³-hybridized carbons (Fsp3) is 0.667. The minimum Gasteiger partial charge on any atom is -0.508 e. The van der Waals surface area contributed by atoms with E-state index < -0.39 is 0 Å². The number of anilines is 1. The van der Waals surface area contributed by atoms with Gasteiger partial charge < -0.3 is 19.5 Å². The molecule has 1 N–H and O–H groups in total. The molecule has 0 fully saturated rings. The highest BCUT2D eigenvalue weighted by Crippen LogP contribution is 2.19. The lowest BCUT2D eigenvalue weighted by Gasteiger charge is -2.25. The Labute approximate surface area is 135 Å². The number of hydrogen-bond acceptors (Lipinski definition) is 4. The number of rotatable bonds is 13. The third-order valence-corrected chi connectivity index (χ3v) is 3.35. The third-order valence-electron chi connectivity index (χ3n) is 3.35. The molecule has 1 aromatic rings. The van der Waals surface area contributed by atoms with Crippen LogP contribution < -0.4 is 4.90 Å². The largest absolute Gasteiger partial charge is 0.508 e. The van der Waals surface area contributed by atoms with Crippen molar-refractivity contribution in [3.63, 3.8) is 0 Å². The normalized spacial score (nSPS) is 10.8. The van der Waals surface area contributed by atoms with Crippen LogP contribution in [0, 0.1) is 0 Å². The molecule has 0 saturated heterocycles. The number of nitrogens with zero attached hydrogens (tertiary/aromatic N) is 1. The molecule has 0 aromatic heterocycles. The summed E-state index contributed by atoms with van der Waals surface area (Å²) in [5, 5.41) is 9.43. The minimum atomic E-state index is 0.307. The standard InChI is InChI=1S/C18H31NO3/c1-3-13-21-15-5-11-19(12-6-16-22-14-4-2)17-7-9-18(20)10-8-17/h7-10,20H,3-6,11-16H2,1-2H3. The van der Waals surface area contributed by atoms with E-state index >= 15 is 0 Å². The number of ether oxygens (including phenoxy) is 2. The van der Waals surface area contributed by atoms with E-state index in [1.807, 2.05) is 12.1 Å². The van der Waals surface area contributed by atoms with E-state index in [2.05, 4.69) is 18.7 Å². The summed E-state index contributed by atoms with van der Waals surface area (Å²) in [6.07, 6.45) is 4.15. The first-order valence-electron chi connectivity index (χ1n) is 8.47. The molecule has 0 atom stereocenters. The molecule has 0 spiro atoms. The molecule has 22 heavy (non-hydrogen) atoms. The summed E-state index contributed by atoms with van der Waals surface area (Å²) >= 11 is 0. The van der Waals surface area contributed by atoms with Crippen molar-refractivity contribution in [3.05, 3.63) is 24.3 Å². The second-order valence-electron chi connectivity index (χ2n) is 5.44. The SMILES string of the molecule is CCCOCCCN(CCCOCCC)c1ccc(O)cc1. The summed E-state index contributed by atoms with van der Waals surface area (Å²) in [4.78, 5) is 2.34. The van der Waals surface area contributed by atoms with Gasteiger partial charge in [-0.3, -0.25) is 0 Å². The van der Waals surface area contributed by atoms with Crippen LogP contribution in [0.25, 0.3) is 0 Å². The number of phenols is 1. The highest BCUT2D eigenvalue weighted by atomic mass is 16.5. The summed E-state index contributed by atoms with van der Waals surface area (Å²) in [6.45, 7) is 9.44. The smallest absolute Gasteiger partial charge is 0.115 e. The van der Waals surface area contributed by atoms with Gasteiger partial charge in [0.25, 0.3) is 0 Å². The first kappa shape index (κ1) is 18.8. The minimum absolute atomic E-state index is 0.307. The maximum Gasteiger partial charge on any atom is 0.115 e. The zero-order valence-corrected chi connectivity index (χ0v) is 14.1. The van der Waals surface area contributed by atoms with Crippen LogP contribution in [-0.4, -0.2) is 44.6 Å². The highest BCUT2D eigenvalue weighted by molar-refractivity contribution is 5.48. The predicted octanol–water partition coefficient (Wildman–Crippen LogP) is 3.83. The van der Waals surface area contributed by atoms with Crippen LogP contribution in [0.3, 0.4) is 0 Å². The first-order chi connectivity index (χ1) is 10.8. The van der Waals surface area contributed by atoms with Crippen molar-refractivity contribution >= 4 is 5.69 Å². The monoisotopic (exact) mass is 309 g/mol. The molecule has 0 aliphatic heterocycles. The van der Waals surface area contributed by atoms with Gasteiger partial charge in [0.2, 0.25) is 0 Å². The average Bonchev–Trinajstić information content (AvgIpc) is 2.53. The Balaban J connectivity index is 2.40. The van der Waals surface area contributed by atoms with Crippen LogP contribution >= 0.6 is 0 Å². The highest BCUT2D eigenvalue weighted by Gasteiger charge is 2.06. The molecule has 4 heteroatoms. The van der Waals surface area contributed by atoms with Gasteiger partial charge >= 0.3 is 0 Å². The van der Waals surface area contributed by atoms with Gasteiger partial charge in [-0.25, -0.2) is 0 Å². The molecular weight excluding hydrogens is 278 g/mol. The van der Waals surface area contributed by atoms with Gasteiger partial charge in [-0.05, 0) is 49.9 Å². The van der Waals surface area contributed by atoms with Gasteiger partial charge in [0, 0.05) is 45.2 Å². The number of hydrogen-bond donors (Lipinski definition) is 1. The molecule has 0 aliphatic rings. The molecule has 0 amide bonds. The van der Waals surface area contributed by atoms with Gasteiger partial charge in [-0.15, -0.1) is 0 Å². The molecule has 1 aromatic carbocycles. The third kappa shape index (κ3) is 8.25. The van der Waals surface area contributed by atoms with E-state index in [9.17, 15) is 5.11 Å². The topological polar surface area (TPSA) is 41.9 Å². The Bertz CT molecular complexity index is 353. The lowest BCUT2D eigenvalue weighted by molar-refractivity contribution is 0.130. The fourth-order valence-electron chi connectivity index (χ4n) is 2.24. The van der Waals surface area contributed by atoms with Crippen LogP contribution in [0.15, 0.2) is 24.3 Å². The van der Waals surface area contributed by atoms with Crippen LogP contribution in [0.5, 0.6) is 5.75 Å². The Morgan fingerprint density at radius 3 is 1.77 bits per heavy atom. The van der Waals surface area contributed by atoms with Crippen LogP contribution in [-0.2, 0) is 9.47 Å². The van der Waals surface area contributed by atoms with Crippen molar-refractivity contribution in [1.82, 2.24) is 0 Å². The van der Waals surface area contributed by atoms with Crippen LogP contribution in [0.2, 0.25) is 0 Å². The van der Waals surface area contributed by atoms with Gasteiger partial charge in [0.05, 0.1) is 0 Å². The summed E-state index contributed by atoms with van der Waals surface area (Å²) in [6, 6.07) is 7.41. The Morgan fingerprint density at radius 2 is 1.32 bits per heavy atom. The summed E-state index contributed by atoms with van der Waals surface area (Å²) in [7, 11) is 0. The molecule has 4 nitrogen and oxygen atoms in total. The maximum atomic E-state index is 9.43. The van der Waals surface area contributed by atoms with Crippen molar-refractivity contribution in [2.24, 2.45) is 0 Å². The first-order valence-corrected chi connectivity index (χ1v) is 8.47. The lowest BCUT2D eigenvalue weighted by Crippen LogP contribution is -2.27. The quantitative estimate of drug-likeness (QED) is 0.562. The van der Waals surface area contributed by atoms with Crippen molar-refractivity contribution in [2.45, 2.75) is 39.5 Å². The van der Waals surface area contributed by atoms with E-state index in [-0.39, 0.29) is 0 Å². The molecule has 126 valence electrons. The van der Waals surface area contributed by atoms with E-state index in [4.69, 9.17) is 9.47 Å². The predicted molar refractivity (Wildman–Crippen MR) is 91.8 cm³/mol. The van der Waals surface area contributed by atoms with Gasteiger partial charge in [0.1, 0.15) is 5.75 Å². The second kappa shape index (κ2) is 12.3. The Hall–Kier alpha value is -1.26. The molecule has 0 heterocycles. The Kier molecular flexibility index (Phi) is 10.5. The zero-order valence-electron chi connectivity index (χ0n) is 14.1. The van der Waals surface area contributed by atoms with Crippen molar-refractivity contribution in [3.8, 4) is 5.75 Å². The average molecular weight is 309 g/mol. The number of benzene rings is 1. The molecule has 0 unspecified atom stereocenters. The zero-order chi connectivity index (χ0) is 16.0. The van der Waals surface area contributed by atoms with E-state index in [1.165, 1.54) is 0 Å². The van der Waals surface area contributed by atoms with E-state index in [0.717, 1.165) is 70.9 Å². The van der Waals surface area contributed by atoms with Crippen molar-refractivity contribution < 1.29 is 14.6 Å². The van der Waals surface area contributed by atoms with Gasteiger partial charge in [-0.1, -0.05) is 13.8 Å². The molecule has 0 saturated carbocycles. The van der Waals surface area contributed by atoms with Crippen molar-refractivity contribution in [1.29, 1.82) is 0 Å².